The minimum absolute atomic E-state index is 0.223. The highest BCUT2D eigenvalue weighted by atomic mass is 16.5. The van der Waals surface area contributed by atoms with Crippen LogP contribution in [0.4, 0.5) is 0 Å². The number of hydrogen-bond acceptors (Lipinski definition) is 4. The van der Waals surface area contributed by atoms with Gasteiger partial charge >= 0.3 is 5.97 Å². The van der Waals surface area contributed by atoms with Gasteiger partial charge in [-0.2, -0.15) is 0 Å². The van der Waals surface area contributed by atoms with Crippen molar-refractivity contribution in [2.45, 2.75) is 33.6 Å². The zero-order chi connectivity index (χ0) is 14.6. The lowest BCUT2D eigenvalue weighted by Crippen LogP contribution is -2.07. The number of carbonyl (C=O) groups excluding carboxylic acids is 1. The van der Waals surface area contributed by atoms with Gasteiger partial charge in [0.2, 0.25) is 0 Å². The summed E-state index contributed by atoms with van der Waals surface area (Å²) in [5.74, 6) is 1.47. The highest BCUT2D eigenvalue weighted by molar-refractivity contribution is 5.70. The molecule has 1 aromatic carbocycles. The van der Waals surface area contributed by atoms with E-state index in [1.165, 1.54) is 7.11 Å². The van der Waals surface area contributed by atoms with E-state index in [4.69, 9.17) is 9.47 Å². The summed E-state index contributed by atoms with van der Waals surface area (Å²) in [6.45, 7) is 5.99. The van der Waals surface area contributed by atoms with Crippen LogP contribution in [0.25, 0.3) is 0 Å². The molecule has 0 spiro atoms. The Kier molecular flexibility index (Phi) is 5.21. The Bertz CT molecular complexity index is 478. The Morgan fingerprint density at radius 1 is 0.895 bits per heavy atom. The van der Waals surface area contributed by atoms with Gasteiger partial charge in [-0.25, -0.2) is 0 Å². The molecular formula is C15H22O4. The van der Waals surface area contributed by atoms with Gasteiger partial charge in [-0.05, 0) is 43.9 Å². The average molecular weight is 266 g/mol. The Hall–Kier alpha value is -1.71. The number of benzene rings is 1. The van der Waals surface area contributed by atoms with Crippen LogP contribution < -0.4 is 9.47 Å². The molecule has 0 aliphatic carbocycles. The molecule has 0 amide bonds. The van der Waals surface area contributed by atoms with Crippen LogP contribution in [0.15, 0.2) is 0 Å². The van der Waals surface area contributed by atoms with E-state index in [-0.39, 0.29) is 5.97 Å². The fourth-order valence-electron chi connectivity index (χ4n) is 2.37. The molecule has 0 fully saturated rings. The first-order chi connectivity index (χ1) is 8.97. The average Bonchev–Trinajstić information content (AvgIpc) is 2.41. The summed E-state index contributed by atoms with van der Waals surface area (Å²) in [4.78, 5) is 11.3. The lowest BCUT2D eigenvalue weighted by Gasteiger charge is -2.20. The van der Waals surface area contributed by atoms with E-state index < -0.39 is 0 Å². The first-order valence-electron chi connectivity index (χ1n) is 6.25. The highest BCUT2D eigenvalue weighted by Gasteiger charge is 2.19. The molecule has 4 nitrogen and oxygen atoms in total. The predicted molar refractivity (Wildman–Crippen MR) is 74.1 cm³/mol. The van der Waals surface area contributed by atoms with Crippen LogP contribution in [-0.4, -0.2) is 27.3 Å². The number of carbonyl (C=O) groups is 1. The fourth-order valence-corrected chi connectivity index (χ4v) is 2.37. The second kappa shape index (κ2) is 6.45. The predicted octanol–water partition coefficient (Wildman–Crippen LogP) is 2.73. The van der Waals surface area contributed by atoms with Crippen molar-refractivity contribution in [3.63, 3.8) is 0 Å². The van der Waals surface area contributed by atoms with Gasteiger partial charge in [-0.1, -0.05) is 0 Å². The lowest BCUT2D eigenvalue weighted by molar-refractivity contribution is -0.140. The maximum absolute atomic E-state index is 11.3. The van der Waals surface area contributed by atoms with E-state index in [2.05, 4.69) is 4.74 Å². The first kappa shape index (κ1) is 15.3. The number of hydrogen-bond donors (Lipinski definition) is 0. The topological polar surface area (TPSA) is 44.8 Å². The molecule has 0 saturated carbocycles. The summed E-state index contributed by atoms with van der Waals surface area (Å²) in [7, 11) is 4.70. The molecule has 0 atom stereocenters. The van der Waals surface area contributed by atoms with Gasteiger partial charge in [0.25, 0.3) is 0 Å². The van der Waals surface area contributed by atoms with Crippen molar-refractivity contribution in [3.05, 3.63) is 22.3 Å². The summed E-state index contributed by atoms with van der Waals surface area (Å²) in [5, 5.41) is 0. The summed E-state index contributed by atoms with van der Waals surface area (Å²) in [6.07, 6.45) is 0.915. The van der Waals surface area contributed by atoms with Crippen molar-refractivity contribution < 1.29 is 19.0 Å². The van der Waals surface area contributed by atoms with Gasteiger partial charge in [0, 0.05) is 12.0 Å². The van der Waals surface area contributed by atoms with E-state index in [0.717, 1.165) is 33.8 Å². The first-order valence-corrected chi connectivity index (χ1v) is 6.25. The van der Waals surface area contributed by atoms with Crippen molar-refractivity contribution in [3.8, 4) is 11.5 Å². The third kappa shape index (κ3) is 3.00. The van der Waals surface area contributed by atoms with Gasteiger partial charge in [0.05, 0.1) is 21.3 Å². The van der Waals surface area contributed by atoms with Crippen LogP contribution in [0, 0.1) is 20.8 Å². The Morgan fingerprint density at radius 2 is 1.42 bits per heavy atom. The second-order valence-corrected chi connectivity index (χ2v) is 4.50. The smallest absolute Gasteiger partial charge is 0.305 e. The van der Waals surface area contributed by atoms with Crippen LogP contribution in [0.1, 0.15) is 28.7 Å². The van der Waals surface area contributed by atoms with Crippen LogP contribution in [-0.2, 0) is 16.0 Å². The van der Waals surface area contributed by atoms with Crippen molar-refractivity contribution in [1.29, 1.82) is 0 Å². The molecule has 0 aliphatic heterocycles. The molecule has 0 unspecified atom stereocenters. The second-order valence-electron chi connectivity index (χ2n) is 4.50. The largest absolute Gasteiger partial charge is 0.496 e. The van der Waals surface area contributed by atoms with E-state index in [9.17, 15) is 4.79 Å². The van der Waals surface area contributed by atoms with Crippen molar-refractivity contribution in [1.82, 2.24) is 0 Å². The molecule has 0 N–H and O–H groups in total. The van der Waals surface area contributed by atoms with Crippen molar-refractivity contribution in [2.24, 2.45) is 0 Å². The molecule has 19 heavy (non-hydrogen) atoms. The van der Waals surface area contributed by atoms with Crippen molar-refractivity contribution in [2.75, 3.05) is 21.3 Å². The van der Waals surface area contributed by atoms with E-state index >= 15 is 0 Å². The number of rotatable bonds is 5. The van der Waals surface area contributed by atoms with E-state index in [1.54, 1.807) is 14.2 Å². The summed E-state index contributed by atoms with van der Waals surface area (Å²) in [5.41, 5.74) is 4.14. The molecule has 0 aliphatic rings. The molecule has 0 saturated heterocycles. The molecule has 106 valence electrons. The van der Waals surface area contributed by atoms with Crippen molar-refractivity contribution >= 4 is 5.97 Å². The zero-order valence-electron chi connectivity index (χ0n) is 12.5. The zero-order valence-corrected chi connectivity index (χ0v) is 12.5. The molecule has 0 bridgehead atoms. The molecule has 1 rings (SSSR count). The minimum Gasteiger partial charge on any atom is -0.496 e. The maximum atomic E-state index is 11.3. The molecule has 1 aromatic rings. The van der Waals surface area contributed by atoms with Crippen LogP contribution in [0.5, 0.6) is 11.5 Å². The fraction of sp³-hybridized carbons (Fsp3) is 0.533. The standard InChI is InChI=1S/C15H22O4/c1-9-10(2)15(19-6)12(7-8-13(16)17-4)11(3)14(9)18-5/h7-8H2,1-6H3. The van der Waals surface area contributed by atoms with Crippen LogP contribution >= 0.6 is 0 Å². The van der Waals surface area contributed by atoms with Crippen LogP contribution in [0.2, 0.25) is 0 Å². The van der Waals surface area contributed by atoms with E-state index in [1.807, 2.05) is 20.8 Å². The minimum atomic E-state index is -0.223. The number of ether oxygens (including phenoxy) is 3. The Labute approximate surface area is 114 Å². The quantitative estimate of drug-likeness (QED) is 0.769. The normalized spacial score (nSPS) is 10.2. The van der Waals surface area contributed by atoms with Gasteiger partial charge in [-0.15, -0.1) is 0 Å². The molecule has 4 heteroatoms. The lowest BCUT2D eigenvalue weighted by atomic mass is 9.94. The Morgan fingerprint density at radius 3 is 1.89 bits per heavy atom. The van der Waals surface area contributed by atoms with E-state index in [0.29, 0.717) is 12.8 Å². The van der Waals surface area contributed by atoms with Gasteiger partial charge in [0.15, 0.2) is 0 Å². The summed E-state index contributed by atoms with van der Waals surface area (Å²) >= 11 is 0. The highest BCUT2D eigenvalue weighted by Crippen LogP contribution is 2.38. The number of methoxy groups -OCH3 is 3. The molecule has 0 radical (unpaired) electrons. The molecule has 0 aromatic heterocycles. The monoisotopic (exact) mass is 266 g/mol. The molecule has 0 heterocycles. The third-order valence-electron chi connectivity index (χ3n) is 3.53. The third-order valence-corrected chi connectivity index (χ3v) is 3.53. The summed E-state index contributed by atoms with van der Waals surface area (Å²) < 4.78 is 15.6. The SMILES string of the molecule is COC(=O)CCc1c(C)c(OC)c(C)c(C)c1OC. The van der Waals surface area contributed by atoms with Gasteiger partial charge in [0.1, 0.15) is 11.5 Å². The maximum Gasteiger partial charge on any atom is 0.305 e. The number of esters is 1. The van der Waals surface area contributed by atoms with Crippen LogP contribution in [0.3, 0.4) is 0 Å². The Balaban J connectivity index is 3.27. The van der Waals surface area contributed by atoms with Gasteiger partial charge in [-0.3, -0.25) is 4.79 Å². The van der Waals surface area contributed by atoms with Gasteiger partial charge < -0.3 is 14.2 Å². The molecular weight excluding hydrogens is 244 g/mol. The summed E-state index contributed by atoms with van der Waals surface area (Å²) in [6, 6.07) is 0.